The predicted molar refractivity (Wildman–Crippen MR) is 87.3 cm³/mol. The summed E-state index contributed by atoms with van der Waals surface area (Å²) in [5.74, 6) is 1.69. The van der Waals surface area contributed by atoms with Gasteiger partial charge in [0.05, 0.1) is 13.7 Å². The van der Waals surface area contributed by atoms with E-state index >= 15 is 0 Å². The lowest BCUT2D eigenvalue weighted by Gasteiger charge is -2.14. The molecule has 0 radical (unpaired) electrons. The van der Waals surface area contributed by atoms with Gasteiger partial charge in [-0.1, -0.05) is 15.9 Å². The summed E-state index contributed by atoms with van der Waals surface area (Å²) < 4.78 is 11.8. The summed E-state index contributed by atoms with van der Waals surface area (Å²) in [6.07, 6.45) is 0. The van der Waals surface area contributed by atoms with Crippen molar-refractivity contribution in [2.75, 3.05) is 19.0 Å². The summed E-state index contributed by atoms with van der Waals surface area (Å²) in [4.78, 5) is 0. The number of phenolic OH excluding ortho intramolecular Hbond substituents is 1. The van der Waals surface area contributed by atoms with E-state index in [1.54, 1.807) is 19.2 Å². The minimum Gasteiger partial charge on any atom is -0.508 e. The van der Waals surface area contributed by atoms with E-state index in [0.29, 0.717) is 18.9 Å². The number of hydrogen-bond donors (Lipinski definition) is 2. The first kappa shape index (κ1) is 15.5. The van der Waals surface area contributed by atoms with Crippen molar-refractivity contribution in [1.82, 2.24) is 0 Å². The van der Waals surface area contributed by atoms with E-state index in [4.69, 9.17) is 9.47 Å². The van der Waals surface area contributed by atoms with Crippen molar-refractivity contribution in [2.24, 2.45) is 0 Å². The Balaban J connectivity index is 2.14. The van der Waals surface area contributed by atoms with E-state index in [1.807, 2.05) is 31.2 Å². The van der Waals surface area contributed by atoms with Crippen molar-refractivity contribution >= 4 is 21.6 Å². The van der Waals surface area contributed by atoms with Crippen LogP contribution >= 0.6 is 15.9 Å². The third-order valence-electron chi connectivity index (χ3n) is 2.98. The highest BCUT2D eigenvalue weighted by Gasteiger charge is 2.10. The number of benzene rings is 2. The summed E-state index contributed by atoms with van der Waals surface area (Å²) in [7, 11) is 1.63. The van der Waals surface area contributed by atoms with Gasteiger partial charge < -0.3 is 19.9 Å². The summed E-state index contributed by atoms with van der Waals surface area (Å²) >= 11 is 3.55. The monoisotopic (exact) mass is 351 g/mol. The van der Waals surface area contributed by atoms with Crippen LogP contribution in [-0.4, -0.2) is 18.8 Å². The summed E-state index contributed by atoms with van der Waals surface area (Å²) in [6, 6.07) is 10.8. The summed E-state index contributed by atoms with van der Waals surface area (Å²) in [5.41, 5.74) is 2.00. The third kappa shape index (κ3) is 4.04. The molecule has 0 bridgehead atoms. The Bertz CT molecular complexity index is 599. The lowest BCUT2D eigenvalue weighted by Crippen LogP contribution is -2.02. The molecule has 2 N–H and O–H groups in total. The molecule has 0 aliphatic heterocycles. The van der Waals surface area contributed by atoms with Gasteiger partial charge in [-0.05, 0) is 48.9 Å². The Morgan fingerprint density at radius 1 is 1.14 bits per heavy atom. The minimum atomic E-state index is 0.254. The van der Waals surface area contributed by atoms with Gasteiger partial charge in [0.1, 0.15) is 5.75 Å². The average molecular weight is 352 g/mol. The van der Waals surface area contributed by atoms with Gasteiger partial charge in [0.2, 0.25) is 0 Å². The fraction of sp³-hybridized carbons (Fsp3) is 0.250. The first-order valence-corrected chi connectivity index (χ1v) is 7.45. The minimum absolute atomic E-state index is 0.254. The van der Waals surface area contributed by atoms with Crippen LogP contribution < -0.4 is 14.8 Å². The molecule has 5 heteroatoms. The second-order valence-electron chi connectivity index (χ2n) is 4.43. The lowest BCUT2D eigenvalue weighted by atomic mass is 10.2. The average Bonchev–Trinajstić information content (AvgIpc) is 2.48. The predicted octanol–water partition coefficient (Wildman–Crippen LogP) is 4.17. The lowest BCUT2D eigenvalue weighted by molar-refractivity contribution is 0.310. The van der Waals surface area contributed by atoms with E-state index < -0.39 is 0 Å². The maximum atomic E-state index is 9.27. The number of aromatic hydroxyl groups is 1. The summed E-state index contributed by atoms with van der Waals surface area (Å²) in [6.45, 7) is 3.16. The van der Waals surface area contributed by atoms with Gasteiger partial charge in [-0.25, -0.2) is 0 Å². The van der Waals surface area contributed by atoms with Crippen molar-refractivity contribution in [2.45, 2.75) is 13.5 Å². The Hall–Kier alpha value is -1.88. The van der Waals surface area contributed by atoms with Crippen LogP contribution in [0.5, 0.6) is 17.2 Å². The van der Waals surface area contributed by atoms with Gasteiger partial charge in [-0.15, -0.1) is 0 Å². The first-order chi connectivity index (χ1) is 10.1. The second-order valence-corrected chi connectivity index (χ2v) is 5.28. The fourth-order valence-corrected chi connectivity index (χ4v) is 2.38. The number of phenols is 1. The Labute approximate surface area is 132 Å². The highest BCUT2D eigenvalue weighted by molar-refractivity contribution is 9.10. The normalized spacial score (nSPS) is 10.2. The van der Waals surface area contributed by atoms with Crippen LogP contribution in [0.4, 0.5) is 5.69 Å². The fourth-order valence-electron chi connectivity index (χ4n) is 1.92. The molecule has 2 rings (SSSR count). The van der Waals surface area contributed by atoms with Gasteiger partial charge >= 0.3 is 0 Å². The number of anilines is 1. The van der Waals surface area contributed by atoms with Gasteiger partial charge in [-0.2, -0.15) is 0 Å². The van der Waals surface area contributed by atoms with Crippen LogP contribution in [0.3, 0.4) is 0 Å². The van der Waals surface area contributed by atoms with Crippen LogP contribution in [0.15, 0.2) is 40.9 Å². The van der Waals surface area contributed by atoms with Crippen molar-refractivity contribution < 1.29 is 14.6 Å². The summed E-state index contributed by atoms with van der Waals surface area (Å²) in [5, 5.41) is 12.6. The molecule has 0 unspecified atom stereocenters. The molecule has 0 aromatic heterocycles. The first-order valence-electron chi connectivity index (χ1n) is 6.66. The van der Waals surface area contributed by atoms with E-state index in [0.717, 1.165) is 21.5 Å². The molecule has 0 aliphatic carbocycles. The molecule has 0 heterocycles. The van der Waals surface area contributed by atoms with Crippen LogP contribution in [0.1, 0.15) is 12.5 Å². The molecule has 4 nitrogen and oxygen atoms in total. The van der Waals surface area contributed by atoms with E-state index in [9.17, 15) is 5.11 Å². The largest absolute Gasteiger partial charge is 0.508 e. The zero-order valence-corrected chi connectivity index (χ0v) is 13.6. The molecule has 0 saturated carbocycles. The SMILES string of the molecule is CCOc1cc(Br)c(CNc2ccc(O)cc2)cc1OC. The third-order valence-corrected chi connectivity index (χ3v) is 3.72. The molecule has 2 aromatic rings. The molecule has 0 aliphatic rings. The number of methoxy groups -OCH3 is 1. The standard InChI is InChI=1S/C16H18BrNO3/c1-3-21-16-9-14(17)11(8-15(16)20-2)10-18-12-4-6-13(19)7-5-12/h4-9,18-19H,3,10H2,1-2H3. The van der Waals surface area contributed by atoms with Crippen molar-refractivity contribution in [3.63, 3.8) is 0 Å². The van der Waals surface area contributed by atoms with Crippen LogP contribution in [0, 0.1) is 0 Å². The molecule has 0 spiro atoms. The maximum absolute atomic E-state index is 9.27. The molecule has 0 amide bonds. The van der Waals surface area contributed by atoms with Crippen LogP contribution in [0.2, 0.25) is 0 Å². The molecule has 0 atom stereocenters. The number of halogens is 1. The van der Waals surface area contributed by atoms with E-state index in [-0.39, 0.29) is 5.75 Å². The number of hydrogen-bond acceptors (Lipinski definition) is 4. The zero-order valence-electron chi connectivity index (χ0n) is 12.0. The molecular weight excluding hydrogens is 334 g/mol. The molecular formula is C16H18BrNO3. The number of nitrogens with one attached hydrogen (secondary N) is 1. The molecule has 21 heavy (non-hydrogen) atoms. The molecule has 0 saturated heterocycles. The Kier molecular flexibility index (Phi) is 5.33. The second kappa shape index (κ2) is 7.22. The van der Waals surface area contributed by atoms with Crippen LogP contribution in [-0.2, 0) is 6.54 Å². The van der Waals surface area contributed by atoms with Crippen molar-refractivity contribution in [3.8, 4) is 17.2 Å². The quantitative estimate of drug-likeness (QED) is 0.766. The number of ether oxygens (including phenoxy) is 2. The van der Waals surface area contributed by atoms with Gasteiger partial charge in [0, 0.05) is 16.7 Å². The molecule has 0 fully saturated rings. The topological polar surface area (TPSA) is 50.7 Å². The van der Waals surface area contributed by atoms with Crippen molar-refractivity contribution in [3.05, 3.63) is 46.4 Å². The smallest absolute Gasteiger partial charge is 0.162 e. The maximum Gasteiger partial charge on any atom is 0.162 e. The molecule has 2 aromatic carbocycles. The highest BCUT2D eigenvalue weighted by atomic mass is 79.9. The number of rotatable bonds is 6. The van der Waals surface area contributed by atoms with Crippen LogP contribution in [0.25, 0.3) is 0 Å². The van der Waals surface area contributed by atoms with Gasteiger partial charge in [0.15, 0.2) is 11.5 Å². The highest BCUT2D eigenvalue weighted by Crippen LogP contribution is 2.34. The van der Waals surface area contributed by atoms with E-state index in [1.165, 1.54) is 0 Å². The van der Waals surface area contributed by atoms with Gasteiger partial charge in [-0.3, -0.25) is 0 Å². The van der Waals surface area contributed by atoms with Gasteiger partial charge in [0.25, 0.3) is 0 Å². The zero-order chi connectivity index (χ0) is 15.2. The van der Waals surface area contributed by atoms with E-state index in [2.05, 4.69) is 21.2 Å². The van der Waals surface area contributed by atoms with Crippen molar-refractivity contribution in [1.29, 1.82) is 0 Å². The Morgan fingerprint density at radius 2 is 1.86 bits per heavy atom. The Morgan fingerprint density at radius 3 is 2.48 bits per heavy atom. The molecule has 112 valence electrons.